The lowest BCUT2D eigenvalue weighted by Crippen LogP contribution is -2.25. The number of benzene rings is 1. The lowest BCUT2D eigenvalue weighted by Gasteiger charge is -2.14. The normalized spacial score (nSPS) is 13.6. The molecule has 17 heavy (non-hydrogen) atoms. The van der Waals surface area contributed by atoms with E-state index in [1.165, 1.54) is 11.1 Å². The molecule has 3 heteroatoms. The van der Waals surface area contributed by atoms with E-state index >= 15 is 0 Å². The molecule has 1 aliphatic rings. The molecule has 0 saturated heterocycles. The van der Waals surface area contributed by atoms with Crippen molar-refractivity contribution in [2.75, 3.05) is 11.4 Å². The van der Waals surface area contributed by atoms with Crippen LogP contribution in [-0.2, 0) is 22.4 Å². The van der Waals surface area contributed by atoms with Gasteiger partial charge in [-0.1, -0.05) is 12.1 Å². The van der Waals surface area contributed by atoms with Gasteiger partial charge in [0.1, 0.15) is 6.29 Å². The molecular formula is C14H17NO2. The topological polar surface area (TPSA) is 37.4 Å². The van der Waals surface area contributed by atoms with Gasteiger partial charge in [0.25, 0.3) is 0 Å². The van der Waals surface area contributed by atoms with E-state index in [4.69, 9.17) is 0 Å². The van der Waals surface area contributed by atoms with Gasteiger partial charge in [0.15, 0.2) is 0 Å². The number of hydrogen-bond acceptors (Lipinski definition) is 2. The van der Waals surface area contributed by atoms with Gasteiger partial charge >= 0.3 is 0 Å². The largest absolute Gasteiger partial charge is 0.312 e. The number of aryl methyl sites for hydroxylation is 1. The van der Waals surface area contributed by atoms with Crippen molar-refractivity contribution in [1.29, 1.82) is 0 Å². The van der Waals surface area contributed by atoms with E-state index in [-0.39, 0.29) is 5.91 Å². The maximum Gasteiger partial charge on any atom is 0.223 e. The molecule has 0 radical (unpaired) electrons. The molecule has 1 aromatic carbocycles. The first-order valence-corrected chi connectivity index (χ1v) is 6.06. The fourth-order valence-electron chi connectivity index (χ4n) is 2.33. The number of anilines is 1. The van der Waals surface area contributed by atoms with Crippen molar-refractivity contribution in [3.63, 3.8) is 0 Å². The monoisotopic (exact) mass is 231 g/mol. The SMILES string of the molecule is CC(=O)N1CCc2cc(CCCC=O)ccc21. The van der Waals surface area contributed by atoms with Gasteiger partial charge in [-0.2, -0.15) is 0 Å². The van der Waals surface area contributed by atoms with E-state index in [9.17, 15) is 9.59 Å². The van der Waals surface area contributed by atoms with Gasteiger partial charge in [0.2, 0.25) is 5.91 Å². The quantitative estimate of drug-likeness (QED) is 0.588. The lowest BCUT2D eigenvalue weighted by molar-refractivity contribution is -0.116. The summed E-state index contributed by atoms with van der Waals surface area (Å²) in [6, 6.07) is 6.26. The van der Waals surface area contributed by atoms with Crippen molar-refractivity contribution in [3.05, 3.63) is 29.3 Å². The predicted molar refractivity (Wildman–Crippen MR) is 67.2 cm³/mol. The predicted octanol–water partition coefficient (Wildman–Crippen LogP) is 2.12. The number of carbonyl (C=O) groups is 2. The lowest BCUT2D eigenvalue weighted by atomic mass is 10.0. The van der Waals surface area contributed by atoms with Crippen LogP contribution in [-0.4, -0.2) is 18.7 Å². The Morgan fingerprint density at radius 1 is 1.47 bits per heavy atom. The summed E-state index contributed by atoms with van der Waals surface area (Å²) in [6.45, 7) is 2.40. The molecule has 0 N–H and O–H groups in total. The molecule has 3 nitrogen and oxygen atoms in total. The minimum atomic E-state index is 0.109. The number of fused-ring (bicyclic) bond motifs is 1. The summed E-state index contributed by atoms with van der Waals surface area (Å²) in [5.41, 5.74) is 3.57. The average molecular weight is 231 g/mol. The second-order valence-electron chi connectivity index (χ2n) is 4.44. The maximum atomic E-state index is 11.4. The van der Waals surface area contributed by atoms with Crippen LogP contribution in [0.3, 0.4) is 0 Å². The molecule has 1 aliphatic heterocycles. The molecule has 90 valence electrons. The van der Waals surface area contributed by atoms with E-state index in [0.29, 0.717) is 6.42 Å². The second-order valence-corrected chi connectivity index (χ2v) is 4.44. The number of nitrogens with zero attached hydrogens (tertiary/aromatic N) is 1. The zero-order valence-electron chi connectivity index (χ0n) is 10.1. The fourth-order valence-corrected chi connectivity index (χ4v) is 2.33. The highest BCUT2D eigenvalue weighted by Gasteiger charge is 2.21. The Labute approximate surface area is 101 Å². The standard InChI is InChI=1S/C14H17NO2/c1-11(17)15-8-7-13-10-12(4-2-3-9-16)5-6-14(13)15/h5-6,9-10H,2-4,7-8H2,1H3. The Bertz CT molecular complexity index is 440. The Kier molecular flexibility index (Phi) is 3.57. The molecule has 2 rings (SSSR count). The molecular weight excluding hydrogens is 214 g/mol. The minimum absolute atomic E-state index is 0.109. The summed E-state index contributed by atoms with van der Waals surface area (Å²) in [6.07, 6.45) is 4.36. The summed E-state index contributed by atoms with van der Waals surface area (Å²) in [4.78, 5) is 23.5. The van der Waals surface area contributed by atoms with E-state index < -0.39 is 0 Å². The first kappa shape index (κ1) is 11.8. The van der Waals surface area contributed by atoms with E-state index in [2.05, 4.69) is 12.1 Å². The van der Waals surface area contributed by atoms with Crippen LogP contribution < -0.4 is 4.90 Å². The van der Waals surface area contributed by atoms with Crippen molar-refractivity contribution >= 4 is 17.9 Å². The van der Waals surface area contributed by atoms with Crippen LogP contribution >= 0.6 is 0 Å². The number of hydrogen-bond donors (Lipinski definition) is 0. The highest BCUT2D eigenvalue weighted by Crippen LogP contribution is 2.29. The van der Waals surface area contributed by atoms with Gasteiger partial charge < -0.3 is 9.69 Å². The molecule has 0 atom stereocenters. The first-order chi connectivity index (χ1) is 8.22. The molecule has 1 aromatic rings. The molecule has 0 bridgehead atoms. The number of rotatable bonds is 4. The zero-order valence-corrected chi connectivity index (χ0v) is 10.1. The Morgan fingerprint density at radius 3 is 3.00 bits per heavy atom. The molecule has 0 aliphatic carbocycles. The fraction of sp³-hybridized carbons (Fsp3) is 0.429. The number of amides is 1. The van der Waals surface area contributed by atoms with E-state index in [1.807, 2.05) is 11.0 Å². The third kappa shape index (κ3) is 2.54. The summed E-state index contributed by atoms with van der Waals surface area (Å²) in [7, 11) is 0. The van der Waals surface area contributed by atoms with Crippen molar-refractivity contribution in [2.45, 2.75) is 32.6 Å². The summed E-state index contributed by atoms with van der Waals surface area (Å²) >= 11 is 0. The van der Waals surface area contributed by atoms with Gasteiger partial charge in [0.05, 0.1) is 0 Å². The maximum absolute atomic E-state index is 11.4. The van der Waals surface area contributed by atoms with Crippen LogP contribution in [0.4, 0.5) is 5.69 Å². The molecule has 0 saturated carbocycles. The van der Waals surface area contributed by atoms with Crippen LogP contribution in [0.15, 0.2) is 18.2 Å². The molecule has 0 fully saturated rings. The second kappa shape index (κ2) is 5.13. The van der Waals surface area contributed by atoms with Crippen molar-refractivity contribution in [2.24, 2.45) is 0 Å². The van der Waals surface area contributed by atoms with Gasteiger partial charge in [-0.25, -0.2) is 0 Å². The minimum Gasteiger partial charge on any atom is -0.312 e. The highest BCUT2D eigenvalue weighted by molar-refractivity contribution is 5.93. The summed E-state index contributed by atoms with van der Waals surface area (Å²) in [5, 5.41) is 0. The van der Waals surface area contributed by atoms with Crippen molar-refractivity contribution in [3.8, 4) is 0 Å². The zero-order chi connectivity index (χ0) is 12.3. The van der Waals surface area contributed by atoms with E-state index in [1.54, 1.807) is 6.92 Å². The molecule has 0 unspecified atom stereocenters. The average Bonchev–Trinajstić information content (AvgIpc) is 2.72. The van der Waals surface area contributed by atoms with E-state index in [0.717, 1.165) is 37.8 Å². The van der Waals surface area contributed by atoms with Crippen LogP contribution in [0, 0.1) is 0 Å². The van der Waals surface area contributed by atoms with Crippen LogP contribution in [0.25, 0.3) is 0 Å². The Hall–Kier alpha value is -1.64. The molecule has 1 amide bonds. The smallest absolute Gasteiger partial charge is 0.223 e. The molecule has 1 heterocycles. The van der Waals surface area contributed by atoms with Crippen molar-refractivity contribution in [1.82, 2.24) is 0 Å². The molecule has 0 spiro atoms. The van der Waals surface area contributed by atoms with Crippen LogP contribution in [0.5, 0.6) is 0 Å². The highest BCUT2D eigenvalue weighted by atomic mass is 16.2. The van der Waals surface area contributed by atoms with Crippen molar-refractivity contribution < 1.29 is 9.59 Å². The third-order valence-electron chi connectivity index (χ3n) is 3.21. The van der Waals surface area contributed by atoms with Gasteiger partial charge in [0, 0.05) is 25.6 Å². The number of aldehydes is 1. The first-order valence-electron chi connectivity index (χ1n) is 6.06. The van der Waals surface area contributed by atoms with Gasteiger partial charge in [-0.15, -0.1) is 0 Å². The summed E-state index contributed by atoms with van der Waals surface area (Å²) < 4.78 is 0. The third-order valence-corrected chi connectivity index (χ3v) is 3.21. The number of unbranched alkanes of at least 4 members (excludes halogenated alkanes) is 1. The van der Waals surface area contributed by atoms with Crippen LogP contribution in [0.1, 0.15) is 30.9 Å². The Balaban J connectivity index is 2.11. The molecule has 0 aromatic heterocycles. The van der Waals surface area contributed by atoms with Crippen LogP contribution in [0.2, 0.25) is 0 Å². The van der Waals surface area contributed by atoms with Gasteiger partial charge in [-0.05, 0) is 36.5 Å². The van der Waals surface area contributed by atoms with Gasteiger partial charge in [-0.3, -0.25) is 4.79 Å². The summed E-state index contributed by atoms with van der Waals surface area (Å²) in [5.74, 6) is 0.109. The Morgan fingerprint density at radius 2 is 2.29 bits per heavy atom. The number of carbonyl (C=O) groups excluding carboxylic acids is 2.